The number of esters is 4. The van der Waals surface area contributed by atoms with Crippen molar-refractivity contribution in [2.75, 3.05) is 39.6 Å². The fourth-order valence-corrected chi connectivity index (χ4v) is 12.2. The molecule has 0 aromatic heterocycles. The number of unbranched alkanes of at least 4 members (excludes halogenated alkanes) is 42. The highest BCUT2D eigenvalue weighted by Crippen LogP contribution is 2.45. The van der Waals surface area contributed by atoms with Gasteiger partial charge in [0.15, 0.2) is 12.2 Å². The van der Waals surface area contributed by atoms with Gasteiger partial charge in [0.1, 0.15) is 19.3 Å². The molecule has 0 aliphatic heterocycles. The Bertz CT molecular complexity index is 1720. The first-order valence-electron chi connectivity index (χ1n) is 36.6. The molecule has 0 aliphatic rings. The Kier molecular flexibility index (Phi) is 62.1. The van der Waals surface area contributed by atoms with Gasteiger partial charge < -0.3 is 33.8 Å². The third kappa shape index (κ3) is 64.6. The van der Waals surface area contributed by atoms with E-state index in [2.05, 4.69) is 34.6 Å². The van der Waals surface area contributed by atoms with Crippen LogP contribution in [0.15, 0.2) is 0 Å². The normalized spacial score (nSPS) is 14.1. The van der Waals surface area contributed by atoms with Gasteiger partial charge in [0.25, 0.3) is 0 Å². The average Bonchev–Trinajstić information content (AvgIpc) is 3.71. The summed E-state index contributed by atoms with van der Waals surface area (Å²) in [6, 6.07) is 0. The molecule has 0 radical (unpaired) electrons. The fourth-order valence-electron chi connectivity index (χ4n) is 10.6. The Labute approximate surface area is 543 Å². The zero-order valence-corrected chi connectivity index (χ0v) is 59.4. The van der Waals surface area contributed by atoms with Crippen molar-refractivity contribution < 1.29 is 80.2 Å². The second-order valence-corrected chi connectivity index (χ2v) is 28.7. The molecule has 0 bridgehead atoms. The molecule has 0 amide bonds. The second-order valence-electron chi connectivity index (χ2n) is 25.7. The number of carbonyl (C=O) groups excluding carboxylic acids is 4. The molecule has 0 saturated heterocycles. The predicted molar refractivity (Wildman–Crippen MR) is 358 cm³/mol. The van der Waals surface area contributed by atoms with Crippen LogP contribution in [-0.2, 0) is 65.4 Å². The number of phosphoric ester groups is 2. The van der Waals surface area contributed by atoms with Crippen LogP contribution in [0.3, 0.4) is 0 Å². The Hall–Kier alpha value is -1.94. The van der Waals surface area contributed by atoms with Crippen LogP contribution in [0.2, 0.25) is 0 Å². The van der Waals surface area contributed by atoms with Crippen molar-refractivity contribution >= 4 is 39.5 Å². The zero-order chi connectivity index (χ0) is 65.6. The number of aliphatic hydroxyl groups excluding tert-OH is 1. The summed E-state index contributed by atoms with van der Waals surface area (Å²) >= 11 is 0. The topological polar surface area (TPSA) is 237 Å². The summed E-state index contributed by atoms with van der Waals surface area (Å²) in [7, 11) is -9.89. The van der Waals surface area contributed by atoms with Crippen LogP contribution in [-0.4, -0.2) is 96.7 Å². The van der Waals surface area contributed by atoms with Gasteiger partial charge >= 0.3 is 39.5 Å². The van der Waals surface area contributed by atoms with Crippen LogP contribution >= 0.6 is 15.6 Å². The molecule has 0 aromatic carbocycles. The Balaban J connectivity index is 5.22. The molecule has 0 spiro atoms. The van der Waals surface area contributed by atoms with E-state index in [-0.39, 0.29) is 25.7 Å². The second kappa shape index (κ2) is 63.5. The standard InChI is InChI=1S/C70H136O17P2/c1-6-9-12-15-18-21-23-25-26-27-31-36-41-46-51-56-70(75)87-66(60-81-68(73)54-49-44-39-34-32-28-29-33-37-42-47-52-63(4)5)62-85-89(78,79)83-58-64(71)57-82-88(76,77)84-61-65(59-80-67(72)53-48-43-38-20-17-14-11-8-3)86-69(74)55-50-45-40-35-30-24-22-19-16-13-10-7-2/h63-66,71H,6-62H2,1-5H3,(H,76,77)(H,78,79)/t64-,65+,66+/m0/s1. The lowest BCUT2D eigenvalue weighted by atomic mass is 10.0. The van der Waals surface area contributed by atoms with E-state index in [0.717, 1.165) is 102 Å². The van der Waals surface area contributed by atoms with Crippen LogP contribution in [0.1, 0.15) is 362 Å². The van der Waals surface area contributed by atoms with Crippen LogP contribution < -0.4 is 0 Å². The van der Waals surface area contributed by atoms with Crippen molar-refractivity contribution in [2.45, 2.75) is 380 Å². The number of aliphatic hydroxyl groups is 1. The molecule has 89 heavy (non-hydrogen) atoms. The van der Waals surface area contributed by atoms with Crippen molar-refractivity contribution in [3.63, 3.8) is 0 Å². The summed E-state index contributed by atoms with van der Waals surface area (Å²) in [5, 5.41) is 10.6. The lowest BCUT2D eigenvalue weighted by molar-refractivity contribution is -0.161. The van der Waals surface area contributed by atoms with Crippen molar-refractivity contribution in [2.24, 2.45) is 5.92 Å². The SMILES string of the molecule is CCCCCCCCCCCCCCCCCC(=O)O[C@H](COC(=O)CCCCCCCCCCCCCC(C)C)COP(=O)(O)OC[C@@H](O)COP(=O)(O)OC[C@@H](COC(=O)CCCCCCCCCC)OC(=O)CCCCCCCCCCCCCC. The summed E-state index contributed by atoms with van der Waals surface area (Å²) < 4.78 is 68.2. The molecule has 17 nitrogen and oxygen atoms in total. The fraction of sp³-hybridized carbons (Fsp3) is 0.943. The van der Waals surface area contributed by atoms with Gasteiger partial charge in [-0.2, -0.15) is 0 Å². The van der Waals surface area contributed by atoms with E-state index >= 15 is 0 Å². The third-order valence-electron chi connectivity index (χ3n) is 16.3. The van der Waals surface area contributed by atoms with E-state index in [1.807, 2.05) is 0 Å². The number of phosphoric acid groups is 2. The summed E-state index contributed by atoms with van der Waals surface area (Å²) in [5.74, 6) is -1.35. The highest BCUT2D eigenvalue weighted by atomic mass is 31.2. The number of hydrogen-bond acceptors (Lipinski definition) is 15. The molecule has 0 saturated carbocycles. The minimum atomic E-state index is -4.95. The summed E-state index contributed by atoms with van der Waals surface area (Å²) in [6.45, 7) is 7.23. The summed E-state index contributed by atoms with van der Waals surface area (Å²) in [5.41, 5.74) is 0. The minimum absolute atomic E-state index is 0.107. The molecular formula is C70H136O17P2. The molecule has 0 fully saturated rings. The molecule has 0 heterocycles. The predicted octanol–water partition coefficient (Wildman–Crippen LogP) is 20.1. The lowest BCUT2D eigenvalue weighted by Crippen LogP contribution is -2.30. The summed E-state index contributed by atoms with van der Waals surface area (Å²) in [6.07, 6.45) is 49.8. The molecule has 19 heteroatoms. The minimum Gasteiger partial charge on any atom is -0.462 e. The number of ether oxygens (including phenoxy) is 4. The van der Waals surface area contributed by atoms with Gasteiger partial charge in [0.2, 0.25) is 0 Å². The number of carbonyl (C=O) groups is 4. The monoisotopic (exact) mass is 1310 g/mol. The quantitative estimate of drug-likeness (QED) is 0.0222. The van der Waals surface area contributed by atoms with Crippen molar-refractivity contribution in [3.8, 4) is 0 Å². The van der Waals surface area contributed by atoms with Gasteiger partial charge in [0.05, 0.1) is 26.4 Å². The molecule has 5 atom stereocenters. The summed E-state index contributed by atoms with van der Waals surface area (Å²) in [4.78, 5) is 72.5. The molecule has 0 aromatic rings. The van der Waals surface area contributed by atoms with Gasteiger partial charge in [-0.1, -0.05) is 311 Å². The maximum Gasteiger partial charge on any atom is 0.472 e. The first-order valence-corrected chi connectivity index (χ1v) is 39.6. The number of hydrogen-bond donors (Lipinski definition) is 3. The van der Waals surface area contributed by atoms with Crippen LogP contribution in [0.4, 0.5) is 0 Å². The zero-order valence-electron chi connectivity index (χ0n) is 57.6. The van der Waals surface area contributed by atoms with Crippen LogP contribution in [0.5, 0.6) is 0 Å². The first-order chi connectivity index (χ1) is 43.0. The highest BCUT2D eigenvalue weighted by molar-refractivity contribution is 7.47. The van der Waals surface area contributed by atoms with Crippen LogP contribution in [0, 0.1) is 5.92 Å². The van der Waals surface area contributed by atoms with E-state index in [0.29, 0.717) is 25.7 Å². The largest absolute Gasteiger partial charge is 0.472 e. The van der Waals surface area contributed by atoms with E-state index in [1.165, 1.54) is 180 Å². The smallest absolute Gasteiger partial charge is 0.462 e. The number of rotatable bonds is 70. The molecule has 2 unspecified atom stereocenters. The van der Waals surface area contributed by atoms with Crippen molar-refractivity contribution in [1.82, 2.24) is 0 Å². The van der Waals surface area contributed by atoms with Gasteiger partial charge in [-0.05, 0) is 31.6 Å². The van der Waals surface area contributed by atoms with Crippen LogP contribution in [0.25, 0.3) is 0 Å². The Morgan fingerprint density at radius 1 is 0.303 bits per heavy atom. The van der Waals surface area contributed by atoms with Crippen molar-refractivity contribution in [1.29, 1.82) is 0 Å². The Morgan fingerprint density at radius 2 is 0.517 bits per heavy atom. The van der Waals surface area contributed by atoms with E-state index in [9.17, 15) is 43.2 Å². The van der Waals surface area contributed by atoms with Gasteiger partial charge in [-0.25, -0.2) is 9.13 Å². The van der Waals surface area contributed by atoms with Gasteiger partial charge in [-0.3, -0.25) is 37.3 Å². The first kappa shape index (κ1) is 87.1. The highest BCUT2D eigenvalue weighted by Gasteiger charge is 2.30. The molecule has 528 valence electrons. The maximum atomic E-state index is 13.0. The van der Waals surface area contributed by atoms with Crippen molar-refractivity contribution in [3.05, 3.63) is 0 Å². The Morgan fingerprint density at radius 3 is 0.764 bits per heavy atom. The van der Waals surface area contributed by atoms with E-state index in [4.69, 9.17) is 37.0 Å². The average molecular weight is 1310 g/mol. The van der Waals surface area contributed by atoms with Gasteiger partial charge in [-0.15, -0.1) is 0 Å². The lowest BCUT2D eigenvalue weighted by Gasteiger charge is -2.21. The molecule has 3 N–H and O–H groups in total. The van der Waals surface area contributed by atoms with Gasteiger partial charge in [0, 0.05) is 25.7 Å². The molecule has 0 aliphatic carbocycles. The third-order valence-corrected chi connectivity index (χ3v) is 18.2. The molecule has 0 rings (SSSR count). The van der Waals surface area contributed by atoms with E-state index in [1.54, 1.807) is 0 Å². The maximum absolute atomic E-state index is 13.0. The van der Waals surface area contributed by atoms with E-state index < -0.39 is 97.5 Å². The molecular weight excluding hydrogens is 1170 g/mol.